The molecular weight excluding hydrogens is 148 g/mol. The van der Waals surface area contributed by atoms with E-state index in [-0.39, 0.29) is 12.4 Å². The van der Waals surface area contributed by atoms with Crippen LogP contribution in [0.15, 0.2) is 0 Å². The number of likely N-dealkylation sites (N-methyl/N-ethyl adjacent to an activating group) is 1. The highest BCUT2D eigenvalue weighted by atomic mass is 35.5. The Morgan fingerprint density at radius 1 is 1.40 bits per heavy atom. The van der Waals surface area contributed by atoms with Crippen molar-refractivity contribution in [3.05, 3.63) is 0 Å². The summed E-state index contributed by atoms with van der Waals surface area (Å²) < 4.78 is 0. The summed E-state index contributed by atoms with van der Waals surface area (Å²) in [4.78, 5) is 2.36. The lowest BCUT2D eigenvalue weighted by atomic mass is 10.0. The maximum Gasteiger partial charge on any atom is 0.0252 e. The zero-order chi connectivity index (χ0) is 6.91. The number of rotatable bonds is 0. The van der Waals surface area contributed by atoms with Crippen LogP contribution in [0.2, 0.25) is 0 Å². The third kappa shape index (κ3) is 2.86. The highest BCUT2D eigenvalue weighted by molar-refractivity contribution is 5.85. The van der Waals surface area contributed by atoms with E-state index in [9.17, 15) is 0 Å². The molecule has 0 aromatic carbocycles. The Bertz CT molecular complexity index is 104. The van der Waals surface area contributed by atoms with E-state index >= 15 is 0 Å². The zero-order valence-electron chi connectivity index (χ0n) is 6.98. The van der Waals surface area contributed by atoms with E-state index in [1.54, 1.807) is 0 Å². The van der Waals surface area contributed by atoms with Crippen LogP contribution in [0.1, 0.15) is 13.8 Å². The quantitative estimate of drug-likeness (QED) is 0.568. The molecule has 3 heteroatoms. The Balaban J connectivity index is 0.000000810. The number of piperazine rings is 1. The van der Waals surface area contributed by atoms with E-state index in [2.05, 4.69) is 31.1 Å². The lowest BCUT2D eigenvalue weighted by molar-refractivity contribution is 0.185. The number of hydrogen-bond acceptors (Lipinski definition) is 2. The van der Waals surface area contributed by atoms with Crippen LogP contribution in [-0.2, 0) is 0 Å². The van der Waals surface area contributed by atoms with Crippen molar-refractivity contribution in [2.45, 2.75) is 19.4 Å². The minimum absolute atomic E-state index is 0. The molecule has 0 bridgehead atoms. The fourth-order valence-corrected chi connectivity index (χ4v) is 1.39. The van der Waals surface area contributed by atoms with Crippen molar-refractivity contribution < 1.29 is 0 Å². The van der Waals surface area contributed by atoms with Crippen molar-refractivity contribution in [1.29, 1.82) is 0 Å². The summed E-state index contributed by atoms with van der Waals surface area (Å²) in [6.07, 6.45) is 0. The molecule has 1 aliphatic rings. The van der Waals surface area contributed by atoms with E-state index in [1.807, 2.05) is 0 Å². The van der Waals surface area contributed by atoms with Crippen LogP contribution < -0.4 is 5.32 Å². The molecule has 1 N–H and O–H groups in total. The molecule has 0 radical (unpaired) electrons. The fraction of sp³-hybridized carbons (Fsp3) is 1.00. The minimum atomic E-state index is 0. The van der Waals surface area contributed by atoms with Gasteiger partial charge in [0, 0.05) is 25.2 Å². The highest BCUT2D eigenvalue weighted by Crippen LogP contribution is 2.07. The lowest BCUT2D eigenvalue weighted by Gasteiger charge is -2.36. The fourth-order valence-electron chi connectivity index (χ4n) is 1.39. The SMILES string of the molecule is CN1CCNC(C)(C)C1.Cl. The van der Waals surface area contributed by atoms with Crippen molar-refractivity contribution in [1.82, 2.24) is 10.2 Å². The molecule has 62 valence electrons. The predicted molar refractivity (Wildman–Crippen MR) is 46.8 cm³/mol. The summed E-state index contributed by atoms with van der Waals surface area (Å²) in [6.45, 7) is 7.95. The van der Waals surface area contributed by atoms with Crippen molar-refractivity contribution in [2.24, 2.45) is 0 Å². The molecule has 1 aliphatic heterocycles. The molecular formula is C7H17ClN2. The zero-order valence-corrected chi connectivity index (χ0v) is 7.79. The molecule has 10 heavy (non-hydrogen) atoms. The molecule has 1 saturated heterocycles. The van der Waals surface area contributed by atoms with Crippen LogP contribution in [-0.4, -0.2) is 37.1 Å². The molecule has 0 spiro atoms. The van der Waals surface area contributed by atoms with Crippen LogP contribution in [0.25, 0.3) is 0 Å². The first-order valence-electron chi connectivity index (χ1n) is 3.54. The molecule has 0 aliphatic carbocycles. The topological polar surface area (TPSA) is 15.3 Å². The van der Waals surface area contributed by atoms with Gasteiger partial charge in [0.2, 0.25) is 0 Å². The summed E-state index contributed by atoms with van der Waals surface area (Å²) in [5.41, 5.74) is 0.326. The average molecular weight is 165 g/mol. The van der Waals surface area contributed by atoms with Gasteiger partial charge >= 0.3 is 0 Å². The van der Waals surface area contributed by atoms with Gasteiger partial charge in [0.25, 0.3) is 0 Å². The largest absolute Gasteiger partial charge is 0.309 e. The first-order chi connectivity index (χ1) is 4.10. The Labute approximate surface area is 69.4 Å². The summed E-state index contributed by atoms with van der Waals surface area (Å²) >= 11 is 0. The maximum absolute atomic E-state index is 3.45. The van der Waals surface area contributed by atoms with Crippen molar-refractivity contribution in [2.75, 3.05) is 26.7 Å². The van der Waals surface area contributed by atoms with Gasteiger partial charge < -0.3 is 10.2 Å². The molecule has 0 unspecified atom stereocenters. The number of nitrogens with one attached hydrogen (secondary N) is 1. The Hall–Kier alpha value is 0.210. The molecule has 0 aromatic heterocycles. The molecule has 0 saturated carbocycles. The van der Waals surface area contributed by atoms with E-state index < -0.39 is 0 Å². The Kier molecular flexibility index (Phi) is 3.63. The maximum atomic E-state index is 3.45. The van der Waals surface area contributed by atoms with E-state index in [0.717, 1.165) is 13.1 Å². The van der Waals surface area contributed by atoms with Crippen LogP contribution in [0, 0.1) is 0 Å². The smallest absolute Gasteiger partial charge is 0.0252 e. The van der Waals surface area contributed by atoms with Gasteiger partial charge in [0.1, 0.15) is 0 Å². The molecule has 0 aromatic rings. The predicted octanol–water partition coefficient (Wildman–Crippen LogP) is 0.722. The van der Waals surface area contributed by atoms with Gasteiger partial charge in [0.15, 0.2) is 0 Å². The molecule has 1 fully saturated rings. The van der Waals surface area contributed by atoms with Crippen LogP contribution >= 0.6 is 12.4 Å². The summed E-state index contributed by atoms with van der Waals surface area (Å²) in [5.74, 6) is 0. The van der Waals surface area contributed by atoms with E-state index in [1.165, 1.54) is 6.54 Å². The van der Waals surface area contributed by atoms with Gasteiger partial charge in [-0.2, -0.15) is 0 Å². The molecule has 2 nitrogen and oxygen atoms in total. The van der Waals surface area contributed by atoms with Crippen LogP contribution in [0.4, 0.5) is 0 Å². The van der Waals surface area contributed by atoms with Gasteiger partial charge in [-0.05, 0) is 20.9 Å². The summed E-state index contributed by atoms with van der Waals surface area (Å²) in [7, 11) is 2.17. The normalized spacial score (nSPS) is 25.5. The van der Waals surface area contributed by atoms with Gasteiger partial charge in [-0.15, -0.1) is 12.4 Å². The highest BCUT2D eigenvalue weighted by Gasteiger charge is 2.22. The third-order valence-electron chi connectivity index (χ3n) is 1.76. The average Bonchev–Trinajstić information content (AvgIpc) is 1.60. The second kappa shape index (κ2) is 3.56. The first kappa shape index (κ1) is 10.2. The van der Waals surface area contributed by atoms with Crippen LogP contribution in [0.3, 0.4) is 0 Å². The van der Waals surface area contributed by atoms with Gasteiger partial charge in [-0.25, -0.2) is 0 Å². The Morgan fingerprint density at radius 3 is 2.30 bits per heavy atom. The molecule has 1 heterocycles. The summed E-state index contributed by atoms with van der Waals surface area (Å²) in [6, 6.07) is 0. The molecule has 1 rings (SSSR count). The number of nitrogens with zero attached hydrogens (tertiary/aromatic N) is 1. The van der Waals surface area contributed by atoms with Gasteiger partial charge in [-0.3, -0.25) is 0 Å². The number of hydrogen-bond donors (Lipinski definition) is 1. The standard InChI is InChI=1S/C7H16N2.ClH/c1-7(2)6-9(3)5-4-8-7;/h8H,4-6H2,1-3H3;1H. The lowest BCUT2D eigenvalue weighted by Crippen LogP contribution is -2.55. The third-order valence-corrected chi connectivity index (χ3v) is 1.76. The molecule has 0 amide bonds. The second-order valence-electron chi connectivity index (χ2n) is 3.55. The monoisotopic (exact) mass is 164 g/mol. The van der Waals surface area contributed by atoms with E-state index in [0.29, 0.717) is 5.54 Å². The van der Waals surface area contributed by atoms with Crippen molar-refractivity contribution in [3.8, 4) is 0 Å². The minimum Gasteiger partial charge on any atom is -0.309 e. The van der Waals surface area contributed by atoms with Gasteiger partial charge in [0.05, 0.1) is 0 Å². The van der Waals surface area contributed by atoms with E-state index in [4.69, 9.17) is 0 Å². The number of halogens is 1. The van der Waals surface area contributed by atoms with Crippen molar-refractivity contribution in [3.63, 3.8) is 0 Å². The Morgan fingerprint density at radius 2 is 2.00 bits per heavy atom. The first-order valence-corrected chi connectivity index (χ1v) is 3.54. The summed E-state index contributed by atoms with van der Waals surface area (Å²) in [5, 5.41) is 3.45. The van der Waals surface area contributed by atoms with Crippen LogP contribution in [0.5, 0.6) is 0 Å². The second-order valence-corrected chi connectivity index (χ2v) is 3.55. The molecule has 0 atom stereocenters. The van der Waals surface area contributed by atoms with Crippen molar-refractivity contribution >= 4 is 12.4 Å². The van der Waals surface area contributed by atoms with Gasteiger partial charge in [-0.1, -0.05) is 0 Å².